The van der Waals surface area contributed by atoms with Gasteiger partial charge in [-0.1, -0.05) is 30.3 Å². The van der Waals surface area contributed by atoms with Crippen LogP contribution in [-0.4, -0.2) is 59.9 Å². The predicted octanol–water partition coefficient (Wildman–Crippen LogP) is 4.79. The van der Waals surface area contributed by atoms with Gasteiger partial charge in [-0.15, -0.1) is 0 Å². The van der Waals surface area contributed by atoms with E-state index in [4.69, 9.17) is 9.47 Å². The quantitative estimate of drug-likeness (QED) is 0.287. The lowest BCUT2D eigenvalue weighted by Gasteiger charge is -2.27. The van der Waals surface area contributed by atoms with Gasteiger partial charge in [0.05, 0.1) is 11.6 Å². The van der Waals surface area contributed by atoms with Gasteiger partial charge in [-0.25, -0.2) is 0 Å². The van der Waals surface area contributed by atoms with Gasteiger partial charge in [0.2, 0.25) is 0 Å². The number of benzene rings is 3. The zero-order chi connectivity index (χ0) is 26.1. The molecule has 0 aliphatic carbocycles. The van der Waals surface area contributed by atoms with Crippen molar-refractivity contribution in [1.29, 1.82) is 0 Å². The number of aliphatic hydroxyl groups is 1. The summed E-state index contributed by atoms with van der Waals surface area (Å²) in [6.07, 6.45) is 0.770. The van der Waals surface area contributed by atoms with E-state index in [-0.39, 0.29) is 17.4 Å². The average molecular weight is 499 g/mol. The number of aliphatic hydroxyl groups excluding tert-OH is 1. The number of carbonyl (C=O) groups excluding carboxylic acids is 2. The van der Waals surface area contributed by atoms with Gasteiger partial charge in [0.1, 0.15) is 29.1 Å². The number of ketones is 1. The highest BCUT2D eigenvalue weighted by Gasteiger charge is 2.46. The molecule has 5 rings (SSSR count). The van der Waals surface area contributed by atoms with Crippen molar-refractivity contribution < 1.29 is 24.2 Å². The maximum atomic E-state index is 13.3. The van der Waals surface area contributed by atoms with E-state index >= 15 is 0 Å². The molecule has 1 N–H and O–H groups in total. The molecule has 1 saturated heterocycles. The first-order valence-corrected chi connectivity index (χ1v) is 12.4. The topological polar surface area (TPSA) is 79.3 Å². The fourth-order valence-corrected chi connectivity index (χ4v) is 4.86. The Morgan fingerprint density at radius 3 is 2.54 bits per heavy atom. The van der Waals surface area contributed by atoms with Crippen LogP contribution >= 0.6 is 0 Å². The molecule has 2 heterocycles. The van der Waals surface area contributed by atoms with Crippen molar-refractivity contribution in [2.45, 2.75) is 25.5 Å². The fraction of sp³-hybridized carbons (Fsp3) is 0.267. The fourth-order valence-electron chi connectivity index (χ4n) is 4.86. The molecular weight excluding hydrogens is 468 g/mol. The number of amides is 1. The number of Topliss-reactive ketones (excluding diaryl/α,β-unsaturated/α-hetero) is 1. The summed E-state index contributed by atoms with van der Waals surface area (Å²) in [6.45, 7) is 2.89. The zero-order valence-electron chi connectivity index (χ0n) is 21.2. The minimum atomic E-state index is -0.747. The number of para-hydroxylation sites is 1. The molecular formula is C30H30N2O5. The number of hydrogen-bond acceptors (Lipinski definition) is 6. The summed E-state index contributed by atoms with van der Waals surface area (Å²) in [5.41, 5.74) is 2.22. The smallest absolute Gasteiger partial charge is 0.295 e. The number of likely N-dealkylation sites (N-methyl/N-ethyl adjacent to an activating group) is 1. The van der Waals surface area contributed by atoms with E-state index in [2.05, 4.69) is 0 Å². The molecule has 1 fully saturated rings. The van der Waals surface area contributed by atoms with Crippen LogP contribution in [0.2, 0.25) is 0 Å². The minimum absolute atomic E-state index is 0.0522. The summed E-state index contributed by atoms with van der Waals surface area (Å²) < 4.78 is 11.8. The standard InChI is InChI=1S/C30H30N2O5/c1-19-16-22-17-21(12-13-25(22)36-19)28(33)26-27(32(15-14-31(2)3)30(35)29(26)34)20-8-7-11-24(18-20)37-23-9-5-4-6-10-23/h4-13,17-19,27,33H,14-16H2,1-3H3/t19-,27-/m1/s1. The molecule has 0 unspecified atom stereocenters. The van der Waals surface area contributed by atoms with E-state index in [1.54, 1.807) is 12.1 Å². The number of carbonyl (C=O) groups is 2. The Morgan fingerprint density at radius 1 is 1.03 bits per heavy atom. The second kappa shape index (κ2) is 10.1. The number of likely N-dealkylation sites (tertiary alicyclic amines) is 1. The summed E-state index contributed by atoms with van der Waals surface area (Å²) in [6, 6.07) is 21.3. The maximum Gasteiger partial charge on any atom is 0.295 e. The molecule has 7 heteroatoms. The summed E-state index contributed by atoms with van der Waals surface area (Å²) >= 11 is 0. The van der Waals surface area contributed by atoms with Crippen molar-refractivity contribution in [1.82, 2.24) is 9.80 Å². The minimum Gasteiger partial charge on any atom is -0.507 e. The second-order valence-corrected chi connectivity index (χ2v) is 9.74. The molecule has 2 atom stereocenters. The number of nitrogens with zero attached hydrogens (tertiary/aromatic N) is 2. The van der Waals surface area contributed by atoms with Crippen LogP contribution in [0.15, 0.2) is 78.4 Å². The number of ether oxygens (including phenoxy) is 2. The lowest BCUT2D eigenvalue weighted by molar-refractivity contribution is -0.140. The van der Waals surface area contributed by atoms with Gasteiger partial charge < -0.3 is 24.4 Å². The molecule has 37 heavy (non-hydrogen) atoms. The van der Waals surface area contributed by atoms with Crippen LogP contribution in [0.5, 0.6) is 17.2 Å². The number of fused-ring (bicyclic) bond motifs is 1. The molecule has 0 saturated carbocycles. The Hall–Kier alpha value is -4.10. The third-order valence-electron chi connectivity index (χ3n) is 6.65. The molecule has 2 aliphatic rings. The number of rotatable bonds is 7. The Kier molecular flexibility index (Phi) is 6.72. The van der Waals surface area contributed by atoms with E-state index in [0.717, 1.165) is 17.7 Å². The normalized spacial score (nSPS) is 20.3. The molecule has 3 aromatic rings. The zero-order valence-corrected chi connectivity index (χ0v) is 21.2. The first-order chi connectivity index (χ1) is 17.8. The Labute approximate surface area is 216 Å². The molecule has 3 aromatic carbocycles. The highest BCUT2D eigenvalue weighted by atomic mass is 16.5. The maximum absolute atomic E-state index is 13.3. The Bertz CT molecular complexity index is 1370. The summed E-state index contributed by atoms with van der Waals surface area (Å²) in [7, 11) is 3.82. The molecule has 0 spiro atoms. The SMILES string of the molecule is C[C@@H]1Cc2cc(C(O)=C3C(=O)C(=O)N(CCN(C)C)[C@@H]3c3cccc(Oc4ccccc4)c3)ccc2O1. The lowest BCUT2D eigenvalue weighted by Crippen LogP contribution is -2.35. The van der Waals surface area contributed by atoms with Crippen molar-refractivity contribution in [3.05, 3.63) is 95.1 Å². The van der Waals surface area contributed by atoms with Gasteiger partial charge in [0.25, 0.3) is 11.7 Å². The van der Waals surface area contributed by atoms with Crippen LogP contribution in [0, 0.1) is 0 Å². The van der Waals surface area contributed by atoms with E-state index in [0.29, 0.717) is 35.7 Å². The third-order valence-corrected chi connectivity index (χ3v) is 6.65. The molecule has 1 amide bonds. The van der Waals surface area contributed by atoms with Gasteiger partial charge in [-0.2, -0.15) is 0 Å². The first kappa shape index (κ1) is 24.6. The van der Waals surface area contributed by atoms with Gasteiger partial charge in [-0.3, -0.25) is 9.59 Å². The molecule has 0 aromatic heterocycles. The molecule has 190 valence electrons. The van der Waals surface area contributed by atoms with E-state index in [1.807, 2.05) is 86.6 Å². The van der Waals surface area contributed by atoms with Crippen molar-refractivity contribution in [3.8, 4) is 17.2 Å². The summed E-state index contributed by atoms with van der Waals surface area (Å²) in [5.74, 6) is 0.522. The monoisotopic (exact) mass is 498 g/mol. The van der Waals surface area contributed by atoms with Crippen molar-refractivity contribution in [2.24, 2.45) is 0 Å². The predicted molar refractivity (Wildman–Crippen MR) is 141 cm³/mol. The van der Waals surface area contributed by atoms with Crippen LogP contribution in [0.3, 0.4) is 0 Å². The molecule has 0 bridgehead atoms. The second-order valence-electron chi connectivity index (χ2n) is 9.74. The van der Waals surface area contributed by atoms with Crippen LogP contribution in [0.4, 0.5) is 0 Å². The van der Waals surface area contributed by atoms with Gasteiger partial charge >= 0.3 is 0 Å². The van der Waals surface area contributed by atoms with E-state index < -0.39 is 17.7 Å². The van der Waals surface area contributed by atoms with E-state index in [1.165, 1.54) is 4.90 Å². The van der Waals surface area contributed by atoms with Crippen LogP contribution < -0.4 is 9.47 Å². The third kappa shape index (κ3) is 4.95. The Balaban J connectivity index is 1.58. The highest BCUT2D eigenvalue weighted by molar-refractivity contribution is 6.46. The largest absolute Gasteiger partial charge is 0.507 e. The molecule has 0 radical (unpaired) electrons. The van der Waals surface area contributed by atoms with Gasteiger partial charge in [0.15, 0.2) is 0 Å². The van der Waals surface area contributed by atoms with Crippen LogP contribution in [-0.2, 0) is 16.0 Å². The molecule has 7 nitrogen and oxygen atoms in total. The van der Waals surface area contributed by atoms with Crippen molar-refractivity contribution in [3.63, 3.8) is 0 Å². The number of hydrogen-bond donors (Lipinski definition) is 1. The lowest BCUT2D eigenvalue weighted by atomic mass is 9.94. The summed E-state index contributed by atoms with van der Waals surface area (Å²) in [4.78, 5) is 30.0. The van der Waals surface area contributed by atoms with E-state index in [9.17, 15) is 14.7 Å². The average Bonchev–Trinajstić information content (AvgIpc) is 3.38. The Morgan fingerprint density at radius 2 is 1.78 bits per heavy atom. The first-order valence-electron chi connectivity index (χ1n) is 12.4. The van der Waals surface area contributed by atoms with Crippen molar-refractivity contribution in [2.75, 3.05) is 27.2 Å². The van der Waals surface area contributed by atoms with Crippen LogP contribution in [0.1, 0.15) is 29.7 Å². The molecule has 2 aliphatic heterocycles. The van der Waals surface area contributed by atoms with Crippen molar-refractivity contribution >= 4 is 17.4 Å². The van der Waals surface area contributed by atoms with Gasteiger partial charge in [-0.05, 0) is 74.6 Å². The summed E-state index contributed by atoms with van der Waals surface area (Å²) in [5, 5.41) is 11.4. The van der Waals surface area contributed by atoms with Crippen LogP contribution in [0.25, 0.3) is 5.76 Å². The van der Waals surface area contributed by atoms with Gasteiger partial charge in [0, 0.05) is 25.1 Å². The highest BCUT2D eigenvalue weighted by Crippen LogP contribution is 2.41.